The molecule has 0 saturated carbocycles. The molecule has 1 amide bonds. The van der Waals surface area contributed by atoms with E-state index in [9.17, 15) is 13.2 Å². The molecule has 1 heterocycles. The van der Waals surface area contributed by atoms with Gasteiger partial charge in [-0.1, -0.05) is 17.7 Å². The molecular formula is C18H22ClN3O4S. The Hall–Kier alpha value is -2.16. The van der Waals surface area contributed by atoms with Crippen molar-refractivity contribution in [3.8, 4) is 5.88 Å². The number of amides is 1. The van der Waals surface area contributed by atoms with Crippen LogP contribution >= 0.6 is 11.6 Å². The molecule has 9 heteroatoms. The van der Waals surface area contributed by atoms with Gasteiger partial charge in [-0.05, 0) is 38.1 Å². The second-order valence-electron chi connectivity index (χ2n) is 6.25. The monoisotopic (exact) mass is 411 g/mol. The first-order chi connectivity index (χ1) is 12.6. The fourth-order valence-electron chi connectivity index (χ4n) is 2.21. The SMILES string of the molecule is CC(C)Oc1ncccc1CNC(=O)c1cc(S(=O)(=O)N(C)C)ccc1Cl. The van der Waals surface area contributed by atoms with Crippen LogP contribution in [0.4, 0.5) is 0 Å². The van der Waals surface area contributed by atoms with Crippen LogP contribution in [0.15, 0.2) is 41.4 Å². The number of halogens is 1. The standard InChI is InChI=1S/C18H22ClN3O4S/c1-12(2)26-18-13(6-5-9-20-18)11-21-17(23)15-10-14(7-8-16(15)19)27(24,25)22(3)4/h5-10,12H,11H2,1-4H3,(H,21,23). The van der Waals surface area contributed by atoms with E-state index in [-0.39, 0.29) is 28.1 Å². The smallest absolute Gasteiger partial charge is 0.253 e. The fraction of sp³-hybridized carbons (Fsp3) is 0.333. The quantitative estimate of drug-likeness (QED) is 0.756. The summed E-state index contributed by atoms with van der Waals surface area (Å²) in [6.45, 7) is 3.93. The number of benzene rings is 1. The van der Waals surface area contributed by atoms with Gasteiger partial charge in [-0.2, -0.15) is 0 Å². The first-order valence-corrected chi connectivity index (χ1v) is 10.1. The summed E-state index contributed by atoms with van der Waals surface area (Å²) < 4.78 is 31.2. The van der Waals surface area contributed by atoms with Crippen molar-refractivity contribution < 1.29 is 17.9 Å². The zero-order valence-corrected chi connectivity index (χ0v) is 17.1. The van der Waals surface area contributed by atoms with Crippen LogP contribution in [0.3, 0.4) is 0 Å². The normalized spacial score (nSPS) is 11.7. The van der Waals surface area contributed by atoms with Crippen LogP contribution in [0, 0.1) is 0 Å². The van der Waals surface area contributed by atoms with Gasteiger partial charge in [0.2, 0.25) is 15.9 Å². The molecule has 146 valence electrons. The van der Waals surface area contributed by atoms with E-state index in [2.05, 4.69) is 10.3 Å². The molecule has 0 atom stereocenters. The Morgan fingerprint density at radius 1 is 1.30 bits per heavy atom. The second-order valence-corrected chi connectivity index (χ2v) is 8.81. The topological polar surface area (TPSA) is 88.6 Å². The van der Waals surface area contributed by atoms with Crippen LogP contribution in [0.25, 0.3) is 0 Å². The van der Waals surface area contributed by atoms with Gasteiger partial charge in [0.05, 0.1) is 21.6 Å². The molecular weight excluding hydrogens is 390 g/mol. The Bertz CT molecular complexity index is 930. The summed E-state index contributed by atoms with van der Waals surface area (Å²) in [6, 6.07) is 7.56. The van der Waals surface area contributed by atoms with Gasteiger partial charge in [-0.3, -0.25) is 4.79 Å². The third-order valence-electron chi connectivity index (χ3n) is 3.60. The molecule has 0 saturated heterocycles. The average molecular weight is 412 g/mol. The predicted octanol–water partition coefficient (Wildman–Crippen LogP) is 2.70. The van der Waals surface area contributed by atoms with Crippen molar-refractivity contribution in [1.29, 1.82) is 0 Å². The van der Waals surface area contributed by atoms with Gasteiger partial charge in [0.25, 0.3) is 5.91 Å². The lowest BCUT2D eigenvalue weighted by Crippen LogP contribution is -2.25. The maximum absolute atomic E-state index is 12.6. The molecule has 1 aromatic carbocycles. The number of aromatic nitrogens is 1. The zero-order chi connectivity index (χ0) is 20.2. The van der Waals surface area contributed by atoms with E-state index >= 15 is 0 Å². The first kappa shape index (κ1) is 21.1. The molecule has 0 aliphatic rings. The number of ether oxygens (including phenoxy) is 1. The molecule has 0 unspecified atom stereocenters. The number of nitrogens with one attached hydrogen (secondary N) is 1. The molecule has 27 heavy (non-hydrogen) atoms. The van der Waals surface area contributed by atoms with Gasteiger partial charge in [-0.25, -0.2) is 17.7 Å². The van der Waals surface area contributed by atoms with E-state index in [0.717, 1.165) is 4.31 Å². The highest BCUT2D eigenvalue weighted by molar-refractivity contribution is 7.89. The number of hydrogen-bond acceptors (Lipinski definition) is 5. The molecule has 0 radical (unpaired) electrons. The maximum atomic E-state index is 12.6. The van der Waals surface area contributed by atoms with Crippen molar-refractivity contribution in [2.75, 3.05) is 14.1 Å². The van der Waals surface area contributed by atoms with Crippen molar-refractivity contribution in [3.05, 3.63) is 52.7 Å². The number of nitrogens with zero attached hydrogens (tertiary/aromatic N) is 2. The molecule has 0 bridgehead atoms. The van der Waals surface area contributed by atoms with Gasteiger partial charge >= 0.3 is 0 Å². The van der Waals surface area contributed by atoms with E-state index in [1.807, 2.05) is 13.8 Å². The molecule has 1 aromatic heterocycles. The highest BCUT2D eigenvalue weighted by atomic mass is 35.5. The summed E-state index contributed by atoms with van der Waals surface area (Å²) in [4.78, 5) is 16.7. The van der Waals surface area contributed by atoms with E-state index < -0.39 is 15.9 Å². The molecule has 0 spiro atoms. The van der Waals surface area contributed by atoms with Crippen LogP contribution in [0.5, 0.6) is 5.88 Å². The van der Waals surface area contributed by atoms with Crippen molar-refractivity contribution in [1.82, 2.24) is 14.6 Å². The Morgan fingerprint density at radius 2 is 2.00 bits per heavy atom. The summed E-state index contributed by atoms with van der Waals surface area (Å²) in [5, 5.41) is 2.89. The lowest BCUT2D eigenvalue weighted by atomic mass is 10.2. The zero-order valence-electron chi connectivity index (χ0n) is 15.6. The lowest BCUT2D eigenvalue weighted by Gasteiger charge is -2.15. The Kier molecular flexibility index (Phi) is 6.80. The van der Waals surface area contributed by atoms with E-state index in [1.54, 1.807) is 18.3 Å². The molecule has 0 fully saturated rings. The Morgan fingerprint density at radius 3 is 2.63 bits per heavy atom. The van der Waals surface area contributed by atoms with Crippen LogP contribution in [-0.4, -0.2) is 43.8 Å². The highest BCUT2D eigenvalue weighted by Gasteiger charge is 2.21. The summed E-state index contributed by atoms with van der Waals surface area (Å²) in [5.74, 6) is -0.0574. The lowest BCUT2D eigenvalue weighted by molar-refractivity contribution is 0.0950. The summed E-state index contributed by atoms with van der Waals surface area (Å²) in [7, 11) is -0.834. The second kappa shape index (κ2) is 8.69. The van der Waals surface area contributed by atoms with Crippen LogP contribution in [0.2, 0.25) is 5.02 Å². The molecule has 2 aromatic rings. The minimum Gasteiger partial charge on any atom is -0.475 e. The number of rotatable bonds is 7. The molecule has 7 nitrogen and oxygen atoms in total. The number of hydrogen-bond donors (Lipinski definition) is 1. The minimum absolute atomic E-state index is 0.00717. The average Bonchev–Trinajstić information content (AvgIpc) is 2.60. The maximum Gasteiger partial charge on any atom is 0.253 e. The Labute approximate surface area is 164 Å². The molecule has 0 aliphatic carbocycles. The van der Waals surface area contributed by atoms with Crippen molar-refractivity contribution in [3.63, 3.8) is 0 Å². The third-order valence-corrected chi connectivity index (χ3v) is 5.74. The van der Waals surface area contributed by atoms with Crippen molar-refractivity contribution >= 4 is 27.5 Å². The molecule has 2 rings (SSSR count). The van der Waals surface area contributed by atoms with E-state index in [1.165, 1.54) is 32.3 Å². The molecule has 1 N–H and O–H groups in total. The highest BCUT2D eigenvalue weighted by Crippen LogP contribution is 2.22. The van der Waals surface area contributed by atoms with Crippen LogP contribution in [0.1, 0.15) is 29.8 Å². The van der Waals surface area contributed by atoms with Gasteiger partial charge in [0.1, 0.15) is 0 Å². The summed E-state index contributed by atoms with van der Waals surface area (Å²) in [6.07, 6.45) is 1.55. The van der Waals surface area contributed by atoms with E-state index in [4.69, 9.17) is 16.3 Å². The predicted molar refractivity (Wildman–Crippen MR) is 103 cm³/mol. The van der Waals surface area contributed by atoms with Crippen molar-refractivity contribution in [2.24, 2.45) is 0 Å². The van der Waals surface area contributed by atoms with Gasteiger partial charge in [-0.15, -0.1) is 0 Å². The van der Waals surface area contributed by atoms with Gasteiger partial charge < -0.3 is 10.1 Å². The Balaban J connectivity index is 2.22. The van der Waals surface area contributed by atoms with Gasteiger partial charge in [0.15, 0.2) is 0 Å². The molecule has 0 aliphatic heterocycles. The van der Waals surface area contributed by atoms with Crippen molar-refractivity contribution in [2.45, 2.75) is 31.4 Å². The number of carbonyl (C=O) groups excluding carboxylic acids is 1. The van der Waals surface area contributed by atoms with Crippen LogP contribution < -0.4 is 10.1 Å². The van der Waals surface area contributed by atoms with Crippen LogP contribution in [-0.2, 0) is 16.6 Å². The fourth-order valence-corrected chi connectivity index (χ4v) is 3.34. The minimum atomic E-state index is -3.67. The number of pyridine rings is 1. The number of carbonyl (C=O) groups is 1. The largest absolute Gasteiger partial charge is 0.475 e. The summed E-state index contributed by atoms with van der Waals surface area (Å²) >= 11 is 6.10. The first-order valence-electron chi connectivity index (χ1n) is 8.23. The van der Waals surface area contributed by atoms with Gasteiger partial charge in [0, 0.05) is 32.4 Å². The number of sulfonamides is 1. The van der Waals surface area contributed by atoms with E-state index in [0.29, 0.717) is 11.4 Å². The third kappa shape index (κ3) is 5.18. The summed E-state index contributed by atoms with van der Waals surface area (Å²) in [5.41, 5.74) is 0.780.